The third-order valence-corrected chi connectivity index (χ3v) is 3.55. The number of aliphatic hydroxyl groups is 1. The van der Waals surface area contributed by atoms with Crippen LogP contribution in [0.5, 0.6) is 0 Å². The van der Waals surface area contributed by atoms with Crippen molar-refractivity contribution in [1.29, 1.82) is 5.41 Å². The van der Waals surface area contributed by atoms with Crippen LogP contribution in [0.4, 0.5) is 0 Å². The highest BCUT2D eigenvalue weighted by Gasteiger charge is 2.20. The molecule has 1 heterocycles. The maximum Gasteiger partial charge on any atom is 0.277 e. The summed E-state index contributed by atoms with van der Waals surface area (Å²) in [5, 5.41) is 21.5. The van der Waals surface area contributed by atoms with Crippen molar-refractivity contribution in [3.8, 4) is 0 Å². The van der Waals surface area contributed by atoms with E-state index in [1.165, 1.54) is 12.3 Å². The van der Waals surface area contributed by atoms with Crippen molar-refractivity contribution in [3.05, 3.63) is 72.0 Å². The van der Waals surface area contributed by atoms with Gasteiger partial charge in [-0.25, -0.2) is 4.99 Å². The number of rotatable bonds is 5. The molecule has 0 aromatic carbocycles. The Morgan fingerprint density at radius 2 is 2.16 bits per heavy atom. The average molecular weight is 339 g/mol. The highest BCUT2D eigenvalue weighted by Crippen LogP contribution is 2.17. The summed E-state index contributed by atoms with van der Waals surface area (Å²) < 4.78 is 0. The van der Waals surface area contributed by atoms with Crippen LogP contribution in [-0.2, 0) is 4.79 Å². The van der Waals surface area contributed by atoms with E-state index in [9.17, 15) is 9.90 Å². The van der Waals surface area contributed by atoms with E-state index < -0.39 is 11.5 Å². The lowest BCUT2D eigenvalue weighted by atomic mass is 9.97. The molecule has 0 saturated carbocycles. The monoisotopic (exact) mass is 339 g/mol. The Balaban J connectivity index is 3.41. The van der Waals surface area contributed by atoms with Gasteiger partial charge in [-0.3, -0.25) is 10.2 Å². The number of amides is 1. The molecule has 0 saturated heterocycles. The van der Waals surface area contributed by atoms with Crippen LogP contribution in [0, 0.1) is 5.41 Å². The molecule has 1 aliphatic rings. The Kier molecular flexibility index (Phi) is 7.21. The SMILES string of the molecule is C=C/C1=C(\C(=N)C(=C)/C=C\C)CN/C=C/C=C(C(C)(C)O)\C=N/C1=O. The molecular weight excluding hydrogens is 314 g/mol. The van der Waals surface area contributed by atoms with Crippen LogP contribution < -0.4 is 5.32 Å². The fourth-order valence-corrected chi connectivity index (χ4v) is 2.12. The van der Waals surface area contributed by atoms with Gasteiger partial charge in [0.05, 0.1) is 11.3 Å². The number of carbonyl (C=O) groups excluding carboxylic acids is 1. The molecule has 1 aliphatic heterocycles. The zero-order valence-electron chi connectivity index (χ0n) is 15.0. The number of aliphatic imine (C=N–C) groups is 1. The Morgan fingerprint density at radius 1 is 1.48 bits per heavy atom. The minimum absolute atomic E-state index is 0.146. The number of carbonyl (C=O) groups is 1. The first-order valence-electron chi connectivity index (χ1n) is 7.90. The topological polar surface area (TPSA) is 85.5 Å². The normalized spacial score (nSPS) is 23.8. The lowest BCUT2D eigenvalue weighted by Crippen LogP contribution is -2.23. The minimum atomic E-state index is -1.14. The zero-order valence-corrected chi connectivity index (χ0v) is 15.0. The molecule has 5 heteroatoms. The van der Waals surface area contributed by atoms with Gasteiger partial charge in [-0.1, -0.05) is 37.5 Å². The summed E-state index contributed by atoms with van der Waals surface area (Å²) >= 11 is 0. The first-order chi connectivity index (χ1) is 11.7. The largest absolute Gasteiger partial charge is 0.387 e. The lowest BCUT2D eigenvalue weighted by Gasteiger charge is -2.17. The van der Waals surface area contributed by atoms with E-state index in [1.807, 2.05) is 6.92 Å². The molecule has 0 aromatic rings. The second-order valence-electron chi connectivity index (χ2n) is 5.98. The third kappa shape index (κ3) is 5.65. The second kappa shape index (κ2) is 8.89. The van der Waals surface area contributed by atoms with E-state index in [-0.39, 0.29) is 17.8 Å². The molecule has 25 heavy (non-hydrogen) atoms. The van der Waals surface area contributed by atoms with E-state index in [0.29, 0.717) is 16.7 Å². The molecular formula is C20H25N3O2. The predicted octanol–water partition coefficient (Wildman–Crippen LogP) is 3.03. The summed E-state index contributed by atoms with van der Waals surface area (Å²) in [7, 11) is 0. The van der Waals surface area contributed by atoms with Crippen LogP contribution in [0.3, 0.4) is 0 Å². The van der Waals surface area contributed by atoms with E-state index in [1.54, 1.807) is 44.4 Å². The summed E-state index contributed by atoms with van der Waals surface area (Å²) in [4.78, 5) is 16.5. The molecule has 132 valence electrons. The molecule has 0 radical (unpaired) electrons. The molecule has 1 rings (SSSR count). The fraction of sp³-hybridized carbons (Fsp3) is 0.250. The first-order valence-corrected chi connectivity index (χ1v) is 7.90. The molecule has 0 unspecified atom stereocenters. The highest BCUT2D eigenvalue weighted by molar-refractivity contribution is 6.17. The predicted molar refractivity (Wildman–Crippen MR) is 104 cm³/mol. The lowest BCUT2D eigenvalue weighted by molar-refractivity contribution is -0.114. The van der Waals surface area contributed by atoms with Gasteiger partial charge in [-0.15, -0.1) is 0 Å². The van der Waals surface area contributed by atoms with Crippen molar-refractivity contribution in [3.63, 3.8) is 0 Å². The number of nitrogens with one attached hydrogen (secondary N) is 2. The van der Waals surface area contributed by atoms with Gasteiger partial charge >= 0.3 is 0 Å². The van der Waals surface area contributed by atoms with Gasteiger partial charge in [-0.05, 0) is 38.6 Å². The zero-order chi connectivity index (χ0) is 19.0. The van der Waals surface area contributed by atoms with Crippen molar-refractivity contribution in [2.24, 2.45) is 4.99 Å². The standard InChI is InChI=1S/C20H25N3O2/c1-6-9-14(3)18(21)17-13-22-11-8-10-15(20(4,5)25)12-23-19(24)16(17)7-2/h6-12,21-22,25H,2-3,13H2,1,4-5H3/b9-6-,11-8+,15-10+,17-16+,21-18?,23-12-. The minimum Gasteiger partial charge on any atom is -0.387 e. The maximum atomic E-state index is 12.5. The highest BCUT2D eigenvalue weighted by atomic mass is 16.3. The molecule has 3 N–H and O–H groups in total. The Hall–Kier alpha value is -2.79. The molecule has 0 atom stereocenters. The Labute approximate surface area is 149 Å². The molecule has 0 fully saturated rings. The van der Waals surface area contributed by atoms with E-state index in [4.69, 9.17) is 5.41 Å². The Morgan fingerprint density at radius 3 is 2.72 bits per heavy atom. The summed E-state index contributed by atoms with van der Waals surface area (Å²) in [5.41, 5.74) is 0.660. The number of hydrogen-bond donors (Lipinski definition) is 3. The number of allylic oxidation sites excluding steroid dienone is 5. The van der Waals surface area contributed by atoms with Crippen molar-refractivity contribution in [1.82, 2.24) is 5.32 Å². The quantitative estimate of drug-likeness (QED) is 0.531. The van der Waals surface area contributed by atoms with Gasteiger partial charge in [0.25, 0.3) is 5.91 Å². The fourth-order valence-electron chi connectivity index (χ4n) is 2.12. The smallest absolute Gasteiger partial charge is 0.277 e. The van der Waals surface area contributed by atoms with Crippen molar-refractivity contribution in [2.45, 2.75) is 26.4 Å². The number of hydrogen-bond acceptors (Lipinski definition) is 4. The van der Waals surface area contributed by atoms with Gasteiger partial charge in [0.2, 0.25) is 0 Å². The molecule has 0 aliphatic carbocycles. The van der Waals surface area contributed by atoms with Gasteiger partial charge in [0.15, 0.2) is 0 Å². The van der Waals surface area contributed by atoms with Crippen LogP contribution in [0.25, 0.3) is 0 Å². The molecule has 0 bridgehead atoms. The van der Waals surface area contributed by atoms with Crippen molar-refractivity contribution < 1.29 is 9.90 Å². The van der Waals surface area contributed by atoms with E-state index in [0.717, 1.165) is 0 Å². The van der Waals surface area contributed by atoms with Crippen LogP contribution in [0.1, 0.15) is 20.8 Å². The van der Waals surface area contributed by atoms with Crippen LogP contribution in [0.2, 0.25) is 0 Å². The second-order valence-corrected chi connectivity index (χ2v) is 5.98. The third-order valence-electron chi connectivity index (χ3n) is 3.55. The maximum absolute atomic E-state index is 12.5. The first kappa shape index (κ1) is 20.3. The van der Waals surface area contributed by atoms with E-state index in [2.05, 4.69) is 23.5 Å². The van der Waals surface area contributed by atoms with Crippen LogP contribution in [-0.4, -0.2) is 35.1 Å². The Bertz CT molecular complexity index is 727. The van der Waals surface area contributed by atoms with Crippen molar-refractivity contribution >= 4 is 17.8 Å². The molecule has 5 nitrogen and oxygen atoms in total. The van der Waals surface area contributed by atoms with Crippen LogP contribution >= 0.6 is 0 Å². The van der Waals surface area contributed by atoms with Gasteiger partial charge < -0.3 is 10.4 Å². The molecule has 1 amide bonds. The molecule has 0 aromatic heterocycles. The summed E-state index contributed by atoms with van der Waals surface area (Å²) in [6.07, 6.45) is 11.3. The molecule has 0 spiro atoms. The van der Waals surface area contributed by atoms with Gasteiger partial charge in [0.1, 0.15) is 0 Å². The summed E-state index contributed by atoms with van der Waals surface area (Å²) in [5.74, 6) is -0.526. The van der Waals surface area contributed by atoms with Crippen molar-refractivity contribution in [2.75, 3.05) is 6.54 Å². The summed E-state index contributed by atoms with van der Waals surface area (Å²) in [6.45, 7) is 12.8. The average Bonchev–Trinajstić information content (AvgIpc) is 2.57. The summed E-state index contributed by atoms with van der Waals surface area (Å²) in [6, 6.07) is 0. The van der Waals surface area contributed by atoms with E-state index >= 15 is 0 Å². The van der Waals surface area contributed by atoms with Crippen LogP contribution in [0.15, 0.2) is 77.0 Å². The van der Waals surface area contributed by atoms with Gasteiger partial charge in [0, 0.05) is 29.5 Å². The van der Waals surface area contributed by atoms with Gasteiger partial charge in [-0.2, -0.15) is 0 Å². The number of nitrogens with zero attached hydrogens (tertiary/aromatic N) is 1.